The topological polar surface area (TPSA) is 46.5 Å². The third-order valence-corrected chi connectivity index (χ3v) is 11.8. The van der Waals surface area contributed by atoms with Crippen LogP contribution >= 0.6 is 0 Å². The second-order valence-electron chi connectivity index (χ2n) is 13.4. The number of hydrogen-bond donors (Lipinski definition) is 1. The van der Waals surface area contributed by atoms with Crippen LogP contribution in [-0.2, 0) is 9.53 Å². The monoisotopic (exact) mass is 456 g/mol. The van der Waals surface area contributed by atoms with Crippen LogP contribution in [0.2, 0.25) is 0 Å². The summed E-state index contributed by atoms with van der Waals surface area (Å²) in [4.78, 5) is 11.6. The molecule has 4 rings (SSSR count). The zero-order chi connectivity index (χ0) is 24.4. The van der Waals surface area contributed by atoms with Crippen LogP contribution in [0.1, 0.15) is 106 Å². The van der Waals surface area contributed by atoms with Crippen molar-refractivity contribution in [2.75, 3.05) is 0 Å². The van der Waals surface area contributed by atoms with Crippen LogP contribution in [0.3, 0.4) is 0 Å². The smallest absolute Gasteiger partial charge is 0.303 e. The highest BCUT2D eigenvalue weighted by Crippen LogP contribution is 2.74. The summed E-state index contributed by atoms with van der Waals surface area (Å²) < 4.78 is 6.74. The van der Waals surface area contributed by atoms with Crippen molar-refractivity contribution in [2.24, 2.45) is 39.9 Å². The van der Waals surface area contributed by atoms with E-state index >= 15 is 0 Å². The van der Waals surface area contributed by atoms with Gasteiger partial charge in [0, 0.05) is 6.42 Å². The van der Waals surface area contributed by atoms with Crippen LogP contribution in [0.5, 0.6) is 0 Å². The molecule has 33 heavy (non-hydrogen) atoms. The third-order valence-electron chi connectivity index (χ3n) is 11.8. The van der Waals surface area contributed by atoms with Gasteiger partial charge in [-0.3, -0.25) is 4.79 Å². The zero-order valence-corrected chi connectivity index (χ0v) is 22.1. The molecule has 3 aliphatic carbocycles. The maximum absolute atomic E-state index is 11.6. The van der Waals surface area contributed by atoms with Gasteiger partial charge in [0.2, 0.25) is 0 Å². The van der Waals surface area contributed by atoms with Crippen molar-refractivity contribution in [3.63, 3.8) is 0 Å². The molecule has 4 fully saturated rings. The molecular weight excluding hydrogens is 408 g/mol. The summed E-state index contributed by atoms with van der Waals surface area (Å²) in [5.74, 6) is 1.63. The number of carboxylic acid groups (broad SMARTS) is 1. The molecule has 0 aromatic rings. The highest BCUT2D eigenvalue weighted by Gasteiger charge is 2.67. The van der Waals surface area contributed by atoms with Crippen molar-refractivity contribution in [3.8, 4) is 0 Å². The molecule has 1 heterocycles. The van der Waals surface area contributed by atoms with E-state index in [1.165, 1.54) is 43.3 Å². The molecule has 3 nitrogen and oxygen atoms in total. The van der Waals surface area contributed by atoms with Crippen LogP contribution in [-0.4, -0.2) is 22.8 Å². The van der Waals surface area contributed by atoms with Crippen LogP contribution in [0, 0.1) is 39.9 Å². The maximum Gasteiger partial charge on any atom is 0.303 e. The highest BCUT2D eigenvalue weighted by molar-refractivity contribution is 5.66. The molecule has 0 bridgehead atoms. The molecule has 1 N–H and O–H groups in total. The Bertz CT molecular complexity index is 830. The predicted molar refractivity (Wildman–Crippen MR) is 135 cm³/mol. The van der Waals surface area contributed by atoms with Crippen LogP contribution in [0.15, 0.2) is 24.3 Å². The van der Waals surface area contributed by atoms with Gasteiger partial charge in [0.1, 0.15) is 0 Å². The normalized spacial score (nSPS) is 49.3. The number of carboxylic acids is 1. The molecule has 3 saturated carbocycles. The lowest BCUT2D eigenvalue weighted by molar-refractivity contribution is -0.180. The van der Waals surface area contributed by atoms with Crippen molar-refractivity contribution in [3.05, 3.63) is 24.3 Å². The van der Waals surface area contributed by atoms with E-state index in [2.05, 4.69) is 54.7 Å². The quantitative estimate of drug-likeness (QED) is 0.415. The van der Waals surface area contributed by atoms with Gasteiger partial charge in [0.15, 0.2) is 0 Å². The van der Waals surface area contributed by atoms with Gasteiger partial charge in [-0.05, 0) is 118 Å². The number of aliphatic carboxylic acids is 1. The largest absolute Gasteiger partial charge is 0.481 e. The number of rotatable bonds is 6. The molecule has 4 aliphatic rings. The fourth-order valence-corrected chi connectivity index (χ4v) is 9.86. The first-order valence-electron chi connectivity index (χ1n) is 13.5. The lowest BCUT2D eigenvalue weighted by Crippen LogP contribution is -2.60. The van der Waals surface area contributed by atoms with Crippen LogP contribution in [0.25, 0.3) is 0 Å². The van der Waals surface area contributed by atoms with E-state index in [4.69, 9.17) is 4.74 Å². The fraction of sp³-hybridized carbons (Fsp3) is 0.833. The van der Waals surface area contributed by atoms with Gasteiger partial charge in [-0.15, -0.1) is 0 Å². The number of carbonyl (C=O) groups is 1. The van der Waals surface area contributed by atoms with Gasteiger partial charge >= 0.3 is 5.97 Å². The summed E-state index contributed by atoms with van der Waals surface area (Å²) in [6, 6.07) is 0. The van der Waals surface area contributed by atoms with Gasteiger partial charge in [-0.1, -0.05) is 45.1 Å². The van der Waals surface area contributed by atoms with Gasteiger partial charge < -0.3 is 9.84 Å². The van der Waals surface area contributed by atoms with Crippen molar-refractivity contribution < 1.29 is 14.6 Å². The van der Waals surface area contributed by atoms with Crippen molar-refractivity contribution in [2.45, 2.75) is 117 Å². The average Bonchev–Trinajstić information content (AvgIpc) is 3.29. The molecule has 1 saturated heterocycles. The second kappa shape index (κ2) is 8.25. The molecule has 3 heteroatoms. The molecule has 0 aromatic carbocycles. The minimum atomic E-state index is -0.664. The minimum Gasteiger partial charge on any atom is -0.481 e. The highest BCUT2D eigenvalue weighted by atomic mass is 16.5. The van der Waals surface area contributed by atoms with Gasteiger partial charge in [0.05, 0.1) is 11.7 Å². The number of fused-ring (bicyclic) bond motifs is 3. The zero-order valence-electron chi connectivity index (χ0n) is 22.1. The standard InChI is InChI=1S/C30H48O3/c1-19(2)21-11-17-29(7)25(27(21,5)15-14-26(31)32)10-9-22-23(12-16-28(22,29)6)30(8)18-13-24(33-30)20(3)4/h21-25H,1,3,9-18H2,2,4-8H3,(H,31,32)/t21-,22+,23?,24-,25+,27-,28+,29+,30-/m0/s1. The molecular formula is C30H48O3. The average molecular weight is 457 g/mol. The summed E-state index contributed by atoms with van der Waals surface area (Å²) in [5.41, 5.74) is 2.94. The molecule has 1 unspecified atom stereocenters. The molecule has 186 valence electrons. The van der Waals surface area contributed by atoms with Crippen molar-refractivity contribution in [1.29, 1.82) is 0 Å². The molecule has 9 atom stereocenters. The lowest BCUT2D eigenvalue weighted by Gasteiger charge is -2.66. The number of allylic oxidation sites excluding steroid dienone is 1. The SMILES string of the molecule is C=C(C)[C@@H]1CC[C@@](C)(C2CC[C@]3(C)[C@@H]2CC[C@@H]2[C@@](C)(CCC(=O)O)[C@H](C(=C)C)CC[C@]23C)O1. The predicted octanol–water partition coefficient (Wildman–Crippen LogP) is 7.81. The van der Waals surface area contributed by atoms with Gasteiger partial charge in [-0.2, -0.15) is 0 Å². The van der Waals surface area contributed by atoms with Crippen LogP contribution in [0.4, 0.5) is 0 Å². The molecule has 0 radical (unpaired) electrons. The Labute approximate surface area is 202 Å². The Morgan fingerprint density at radius 2 is 1.55 bits per heavy atom. The number of hydrogen-bond acceptors (Lipinski definition) is 2. The Kier molecular flexibility index (Phi) is 6.25. The van der Waals surface area contributed by atoms with E-state index in [0.717, 1.165) is 25.7 Å². The Morgan fingerprint density at radius 1 is 0.879 bits per heavy atom. The third kappa shape index (κ3) is 3.67. The summed E-state index contributed by atoms with van der Waals surface area (Å²) in [5, 5.41) is 9.55. The van der Waals surface area contributed by atoms with E-state index in [-0.39, 0.29) is 29.0 Å². The summed E-state index contributed by atoms with van der Waals surface area (Å²) >= 11 is 0. The summed E-state index contributed by atoms with van der Waals surface area (Å²) in [7, 11) is 0. The van der Waals surface area contributed by atoms with E-state index in [1.54, 1.807) is 0 Å². The summed E-state index contributed by atoms with van der Waals surface area (Å²) in [6.45, 7) is 22.8. The van der Waals surface area contributed by atoms with E-state index in [1.807, 2.05) is 0 Å². The molecule has 1 aliphatic heterocycles. The second-order valence-corrected chi connectivity index (χ2v) is 13.4. The number of ether oxygens (including phenoxy) is 1. The first-order chi connectivity index (χ1) is 15.3. The fourth-order valence-electron chi connectivity index (χ4n) is 9.86. The van der Waals surface area contributed by atoms with Crippen molar-refractivity contribution in [1.82, 2.24) is 0 Å². The Balaban J connectivity index is 1.65. The molecule has 0 spiro atoms. The lowest BCUT2D eigenvalue weighted by atomic mass is 9.38. The molecule has 0 amide bonds. The minimum absolute atomic E-state index is 0.0160. The first kappa shape index (κ1) is 25.0. The Hall–Kier alpha value is -1.09. The van der Waals surface area contributed by atoms with Crippen molar-refractivity contribution >= 4 is 5.97 Å². The van der Waals surface area contributed by atoms with E-state index in [0.29, 0.717) is 29.1 Å². The molecule has 0 aromatic heterocycles. The van der Waals surface area contributed by atoms with E-state index in [9.17, 15) is 9.90 Å². The summed E-state index contributed by atoms with van der Waals surface area (Å²) in [6.07, 6.45) is 10.9. The van der Waals surface area contributed by atoms with Gasteiger partial charge in [-0.25, -0.2) is 0 Å². The van der Waals surface area contributed by atoms with E-state index < -0.39 is 5.97 Å². The van der Waals surface area contributed by atoms with Crippen LogP contribution < -0.4 is 0 Å². The Morgan fingerprint density at radius 3 is 2.12 bits per heavy atom. The van der Waals surface area contributed by atoms with Gasteiger partial charge in [0.25, 0.3) is 0 Å². The maximum atomic E-state index is 11.6. The first-order valence-corrected chi connectivity index (χ1v) is 13.5.